The van der Waals surface area contributed by atoms with Crippen molar-refractivity contribution in [1.29, 1.82) is 0 Å². The second-order valence-electron chi connectivity index (χ2n) is 5.16. The Hall–Kier alpha value is -1.03. The molecule has 0 aliphatic carbocycles. The van der Waals surface area contributed by atoms with Crippen molar-refractivity contribution >= 4 is 5.95 Å². The van der Waals surface area contributed by atoms with E-state index in [-0.39, 0.29) is 0 Å². The standard InChI is InChI=1S/C13H24N4/c1-4-16-8-6-14-13(16)15-9-12-5-7-17(10-12)11(2)3/h6,8,11-12H,4-5,7,9-10H2,1-3H3,(H,14,15). The van der Waals surface area contributed by atoms with Crippen LogP contribution in [-0.4, -0.2) is 40.1 Å². The number of anilines is 1. The van der Waals surface area contributed by atoms with Gasteiger partial charge in [0.25, 0.3) is 0 Å². The first-order chi connectivity index (χ1) is 8.20. The maximum atomic E-state index is 4.34. The zero-order chi connectivity index (χ0) is 12.3. The van der Waals surface area contributed by atoms with Crippen LogP contribution in [0.4, 0.5) is 5.95 Å². The second kappa shape index (κ2) is 5.54. The first-order valence-corrected chi connectivity index (χ1v) is 6.69. The van der Waals surface area contributed by atoms with Crippen LogP contribution in [0.2, 0.25) is 0 Å². The second-order valence-corrected chi connectivity index (χ2v) is 5.16. The topological polar surface area (TPSA) is 33.1 Å². The number of nitrogens with zero attached hydrogens (tertiary/aromatic N) is 3. The van der Waals surface area contributed by atoms with Crippen LogP contribution in [0.3, 0.4) is 0 Å². The molecule has 1 atom stereocenters. The van der Waals surface area contributed by atoms with Gasteiger partial charge in [0.15, 0.2) is 0 Å². The van der Waals surface area contributed by atoms with E-state index in [4.69, 9.17) is 0 Å². The van der Waals surface area contributed by atoms with Gasteiger partial charge in [0.1, 0.15) is 0 Å². The van der Waals surface area contributed by atoms with Crippen LogP contribution in [0.15, 0.2) is 12.4 Å². The summed E-state index contributed by atoms with van der Waals surface area (Å²) in [5.74, 6) is 1.77. The molecule has 0 radical (unpaired) electrons. The smallest absolute Gasteiger partial charge is 0.202 e. The molecule has 0 bridgehead atoms. The molecule has 96 valence electrons. The molecule has 4 heteroatoms. The average Bonchev–Trinajstić information content (AvgIpc) is 2.95. The van der Waals surface area contributed by atoms with Crippen molar-refractivity contribution in [2.75, 3.05) is 25.0 Å². The molecule has 0 amide bonds. The van der Waals surface area contributed by atoms with Gasteiger partial charge in [-0.3, -0.25) is 0 Å². The van der Waals surface area contributed by atoms with Crippen molar-refractivity contribution in [3.8, 4) is 0 Å². The van der Waals surface area contributed by atoms with E-state index in [1.54, 1.807) is 0 Å². The first kappa shape index (κ1) is 12.4. The molecule has 0 spiro atoms. The van der Waals surface area contributed by atoms with Gasteiger partial charge in [-0.25, -0.2) is 4.98 Å². The number of rotatable bonds is 5. The van der Waals surface area contributed by atoms with Gasteiger partial charge < -0.3 is 14.8 Å². The molecule has 1 aliphatic heterocycles. The molecular formula is C13H24N4. The van der Waals surface area contributed by atoms with E-state index in [9.17, 15) is 0 Å². The largest absolute Gasteiger partial charge is 0.355 e. The summed E-state index contributed by atoms with van der Waals surface area (Å²) >= 11 is 0. The fourth-order valence-corrected chi connectivity index (χ4v) is 2.47. The predicted octanol–water partition coefficient (Wildman–Crippen LogP) is 2.05. The van der Waals surface area contributed by atoms with Crippen molar-refractivity contribution in [3.05, 3.63) is 12.4 Å². The predicted molar refractivity (Wildman–Crippen MR) is 71.2 cm³/mol. The maximum absolute atomic E-state index is 4.34. The number of nitrogens with one attached hydrogen (secondary N) is 1. The summed E-state index contributed by atoms with van der Waals surface area (Å²) in [7, 11) is 0. The van der Waals surface area contributed by atoms with Gasteiger partial charge in [0, 0.05) is 38.1 Å². The Labute approximate surface area is 104 Å². The lowest BCUT2D eigenvalue weighted by Crippen LogP contribution is -2.29. The van der Waals surface area contributed by atoms with Crippen LogP contribution in [0.1, 0.15) is 27.2 Å². The molecule has 1 aromatic heterocycles. The van der Waals surface area contributed by atoms with Gasteiger partial charge in [-0.05, 0) is 39.7 Å². The lowest BCUT2D eigenvalue weighted by molar-refractivity contribution is 0.266. The van der Waals surface area contributed by atoms with Gasteiger partial charge in [-0.1, -0.05) is 0 Å². The summed E-state index contributed by atoms with van der Waals surface area (Å²) in [5.41, 5.74) is 0. The number of imidazole rings is 1. The zero-order valence-corrected chi connectivity index (χ0v) is 11.2. The minimum Gasteiger partial charge on any atom is -0.355 e. The van der Waals surface area contributed by atoms with Crippen molar-refractivity contribution in [2.45, 2.75) is 39.8 Å². The maximum Gasteiger partial charge on any atom is 0.202 e. The van der Waals surface area contributed by atoms with Crippen LogP contribution in [0.5, 0.6) is 0 Å². The summed E-state index contributed by atoms with van der Waals surface area (Å²) in [6.45, 7) is 11.2. The molecule has 2 rings (SSSR count). The first-order valence-electron chi connectivity index (χ1n) is 6.69. The molecular weight excluding hydrogens is 212 g/mol. The van der Waals surface area contributed by atoms with Crippen molar-refractivity contribution in [2.24, 2.45) is 5.92 Å². The molecule has 1 fully saturated rings. The average molecular weight is 236 g/mol. The van der Waals surface area contributed by atoms with E-state index in [0.29, 0.717) is 6.04 Å². The highest BCUT2D eigenvalue weighted by Crippen LogP contribution is 2.18. The van der Waals surface area contributed by atoms with Crippen molar-refractivity contribution in [3.63, 3.8) is 0 Å². The minimum atomic E-state index is 0.678. The summed E-state index contributed by atoms with van der Waals surface area (Å²) < 4.78 is 2.15. The Balaban J connectivity index is 1.80. The van der Waals surface area contributed by atoms with Gasteiger partial charge in [-0.15, -0.1) is 0 Å². The monoisotopic (exact) mass is 236 g/mol. The molecule has 1 saturated heterocycles. The molecule has 1 aliphatic rings. The van der Waals surface area contributed by atoms with E-state index < -0.39 is 0 Å². The van der Waals surface area contributed by atoms with E-state index in [1.165, 1.54) is 19.5 Å². The Morgan fingerprint density at radius 2 is 2.35 bits per heavy atom. The van der Waals surface area contributed by atoms with Crippen molar-refractivity contribution in [1.82, 2.24) is 14.5 Å². The third-order valence-corrected chi connectivity index (χ3v) is 3.65. The molecule has 0 aromatic carbocycles. The normalized spacial score (nSPS) is 21.3. The number of aryl methyl sites for hydroxylation is 1. The van der Waals surface area contributed by atoms with Crippen LogP contribution < -0.4 is 5.32 Å². The number of aromatic nitrogens is 2. The van der Waals surface area contributed by atoms with E-state index in [2.05, 4.69) is 40.5 Å². The van der Waals surface area contributed by atoms with Gasteiger partial charge in [0.05, 0.1) is 0 Å². The van der Waals surface area contributed by atoms with Gasteiger partial charge >= 0.3 is 0 Å². The lowest BCUT2D eigenvalue weighted by Gasteiger charge is -2.20. The van der Waals surface area contributed by atoms with Gasteiger partial charge in [0.2, 0.25) is 5.95 Å². The Morgan fingerprint density at radius 1 is 1.53 bits per heavy atom. The molecule has 1 unspecified atom stereocenters. The summed E-state index contributed by atoms with van der Waals surface area (Å²) in [5, 5.41) is 3.47. The highest BCUT2D eigenvalue weighted by molar-refractivity contribution is 5.25. The SMILES string of the molecule is CCn1ccnc1NCC1CCN(C(C)C)C1. The fourth-order valence-electron chi connectivity index (χ4n) is 2.47. The quantitative estimate of drug-likeness (QED) is 0.849. The van der Waals surface area contributed by atoms with Crippen LogP contribution in [0.25, 0.3) is 0 Å². The number of hydrogen-bond acceptors (Lipinski definition) is 3. The summed E-state index contributed by atoms with van der Waals surface area (Å²) in [6, 6.07) is 0.678. The fraction of sp³-hybridized carbons (Fsp3) is 0.769. The van der Waals surface area contributed by atoms with E-state index >= 15 is 0 Å². The molecule has 2 heterocycles. The van der Waals surface area contributed by atoms with Crippen LogP contribution in [0, 0.1) is 5.92 Å². The van der Waals surface area contributed by atoms with Crippen LogP contribution >= 0.6 is 0 Å². The van der Waals surface area contributed by atoms with Crippen molar-refractivity contribution < 1.29 is 0 Å². The Kier molecular flexibility index (Phi) is 4.05. The zero-order valence-electron chi connectivity index (χ0n) is 11.2. The molecule has 0 saturated carbocycles. The Bertz CT molecular complexity index is 345. The highest BCUT2D eigenvalue weighted by atomic mass is 15.2. The molecule has 1 N–H and O–H groups in total. The summed E-state index contributed by atoms with van der Waals surface area (Å²) in [4.78, 5) is 6.89. The summed E-state index contributed by atoms with van der Waals surface area (Å²) in [6.07, 6.45) is 5.19. The Morgan fingerprint density at radius 3 is 3.00 bits per heavy atom. The number of likely N-dealkylation sites (tertiary alicyclic amines) is 1. The van der Waals surface area contributed by atoms with Crippen LogP contribution in [-0.2, 0) is 6.54 Å². The lowest BCUT2D eigenvalue weighted by atomic mass is 10.1. The van der Waals surface area contributed by atoms with E-state index in [1.807, 2.05) is 12.4 Å². The molecule has 1 aromatic rings. The third-order valence-electron chi connectivity index (χ3n) is 3.65. The highest BCUT2D eigenvalue weighted by Gasteiger charge is 2.23. The molecule has 4 nitrogen and oxygen atoms in total. The third kappa shape index (κ3) is 3.00. The number of hydrogen-bond donors (Lipinski definition) is 1. The minimum absolute atomic E-state index is 0.678. The van der Waals surface area contributed by atoms with Gasteiger partial charge in [-0.2, -0.15) is 0 Å². The van der Waals surface area contributed by atoms with E-state index in [0.717, 1.165) is 25.0 Å². The molecule has 17 heavy (non-hydrogen) atoms.